The van der Waals surface area contributed by atoms with Gasteiger partial charge in [-0.15, -0.1) is 0 Å². The van der Waals surface area contributed by atoms with Gasteiger partial charge in [-0.05, 0) is 19.1 Å². The van der Waals surface area contributed by atoms with E-state index in [-0.39, 0.29) is 5.91 Å². The molecule has 6 heteroatoms. The molecule has 0 bridgehead atoms. The maximum atomic E-state index is 12.3. The summed E-state index contributed by atoms with van der Waals surface area (Å²) in [7, 11) is 1.65. The summed E-state index contributed by atoms with van der Waals surface area (Å²) in [5.74, 6) is 0.444. The van der Waals surface area contributed by atoms with E-state index in [4.69, 9.17) is 9.47 Å². The van der Waals surface area contributed by atoms with Crippen molar-refractivity contribution in [2.45, 2.75) is 18.9 Å². The number of nitrogens with one attached hydrogen (secondary N) is 2. The molecule has 110 valence electrons. The zero-order valence-electron chi connectivity index (χ0n) is 11.9. The largest absolute Gasteiger partial charge is 0.378 e. The summed E-state index contributed by atoms with van der Waals surface area (Å²) in [6.45, 7) is 4.29. The number of hydrogen-bond donors (Lipinski definition) is 2. The van der Waals surface area contributed by atoms with Crippen LogP contribution in [-0.4, -0.2) is 49.9 Å². The Balaban J connectivity index is 2.01. The van der Waals surface area contributed by atoms with Gasteiger partial charge in [0.2, 0.25) is 0 Å². The summed E-state index contributed by atoms with van der Waals surface area (Å²) in [5, 5.41) is 5.99. The average molecular weight is 279 g/mol. The molecule has 0 aromatic carbocycles. The van der Waals surface area contributed by atoms with E-state index >= 15 is 0 Å². The van der Waals surface area contributed by atoms with Gasteiger partial charge in [0.15, 0.2) is 0 Å². The van der Waals surface area contributed by atoms with E-state index in [1.54, 1.807) is 25.4 Å². The maximum Gasteiger partial charge on any atom is 0.255 e. The van der Waals surface area contributed by atoms with Crippen molar-refractivity contribution < 1.29 is 14.3 Å². The number of amides is 1. The Morgan fingerprint density at radius 2 is 2.45 bits per heavy atom. The van der Waals surface area contributed by atoms with Crippen LogP contribution >= 0.6 is 0 Å². The number of carbonyl (C=O) groups excluding carboxylic acids is 1. The van der Waals surface area contributed by atoms with Gasteiger partial charge in [-0.25, -0.2) is 4.98 Å². The molecule has 6 nitrogen and oxygen atoms in total. The first-order valence-electron chi connectivity index (χ1n) is 6.81. The predicted molar refractivity (Wildman–Crippen MR) is 75.9 cm³/mol. The lowest BCUT2D eigenvalue weighted by molar-refractivity contribution is -0.0148. The second-order valence-corrected chi connectivity index (χ2v) is 4.80. The number of aromatic nitrogens is 1. The molecule has 1 aromatic rings. The quantitative estimate of drug-likeness (QED) is 0.814. The molecule has 1 aromatic heterocycles. The molecule has 2 rings (SSSR count). The van der Waals surface area contributed by atoms with Crippen LogP contribution < -0.4 is 10.6 Å². The number of methoxy groups -OCH3 is 1. The molecular formula is C14H21N3O3. The summed E-state index contributed by atoms with van der Waals surface area (Å²) in [6.07, 6.45) is 2.45. The Bertz CT molecular complexity index is 459. The van der Waals surface area contributed by atoms with Crippen LogP contribution in [0.3, 0.4) is 0 Å². The van der Waals surface area contributed by atoms with Gasteiger partial charge in [-0.1, -0.05) is 0 Å². The number of hydrogen-bond acceptors (Lipinski definition) is 5. The summed E-state index contributed by atoms with van der Waals surface area (Å²) in [5.41, 5.74) is 0.135. The maximum absolute atomic E-state index is 12.3. The molecule has 1 amide bonds. The molecule has 0 spiro atoms. The third-order valence-corrected chi connectivity index (χ3v) is 3.47. The molecule has 1 atom stereocenters. The van der Waals surface area contributed by atoms with Gasteiger partial charge in [-0.3, -0.25) is 4.79 Å². The van der Waals surface area contributed by atoms with Gasteiger partial charge in [0.05, 0.1) is 12.2 Å². The number of anilines is 1. The van der Waals surface area contributed by atoms with Gasteiger partial charge in [0.1, 0.15) is 11.4 Å². The van der Waals surface area contributed by atoms with Crippen LogP contribution in [0.25, 0.3) is 0 Å². The molecule has 1 aliphatic rings. The topological polar surface area (TPSA) is 72.5 Å². The van der Waals surface area contributed by atoms with Crippen LogP contribution in [0.1, 0.15) is 23.7 Å². The Morgan fingerprint density at radius 3 is 3.10 bits per heavy atom. The second-order valence-electron chi connectivity index (χ2n) is 4.80. The molecule has 2 heterocycles. The van der Waals surface area contributed by atoms with Crippen molar-refractivity contribution >= 4 is 11.7 Å². The van der Waals surface area contributed by atoms with Crippen molar-refractivity contribution in [2.75, 3.05) is 38.7 Å². The SMILES string of the molecule is CCNc1ncccc1C(=O)NCC1(OC)CCOC1. The van der Waals surface area contributed by atoms with Gasteiger partial charge < -0.3 is 20.1 Å². The van der Waals surface area contributed by atoms with E-state index < -0.39 is 5.60 Å². The Hall–Kier alpha value is -1.66. The van der Waals surface area contributed by atoms with Gasteiger partial charge in [0.25, 0.3) is 5.91 Å². The number of ether oxygens (including phenoxy) is 2. The highest BCUT2D eigenvalue weighted by Crippen LogP contribution is 2.21. The van der Waals surface area contributed by atoms with Crippen molar-refractivity contribution in [1.29, 1.82) is 0 Å². The Labute approximate surface area is 118 Å². The lowest BCUT2D eigenvalue weighted by Crippen LogP contribution is -2.45. The molecule has 1 saturated heterocycles. The van der Waals surface area contributed by atoms with Gasteiger partial charge in [-0.2, -0.15) is 0 Å². The van der Waals surface area contributed by atoms with E-state index in [1.807, 2.05) is 6.92 Å². The number of rotatable bonds is 6. The van der Waals surface area contributed by atoms with Crippen LogP contribution in [0.15, 0.2) is 18.3 Å². The number of pyridine rings is 1. The van der Waals surface area contributed by atoms with Crippen LogP contribution in [-0.2, 0) is 9.47 Å². The molecule has 0 saturated carbocycles. The molecule has 0 aliphatic carbocycles. The number of carbonyl (C=O) groups is 1. The van der Waals surface area contributed by atoms with Crippen molar-refractivity contribution in [3.63, 3.8) is 0 Å². The normalized spacial score (nSPS) is 21.7. The summed E-state index contributed by atoms with van der Waals surface area (Å²) < 4.78 is 10.8. The highest BCUT2D eigenvalue weighted by molar-refractivity contribution is 5.98. The first kappa shape index (κ1) is 14.7. The zero-order chi connectivity index (χ0) is 14.4. The highest BCUT2D eigenvalue weighted by Gasteiger charge is 2.35. The molecular weight excluding hydrogens is 258 g/mol. The van der Waals surface area contributed by atoms with Gasteiger partial charge in [0, 0.05) is 39.4 Å². The summed E-state index contributed by atoms with van der Waals surface area (Å²) >= 11 is 0. The Kier molecular flexibility index (Phi) is 4.92. The van der Waals surface area contributed by atoms with E-state index in [0.717, 1.165) is 6.42 Å². The predicted octanol–water partition coefficient (Wildman–Crippen LogP) is 1.05. The molecule has 2 N–H and O–H groups in total. The summed E-state index contributed by atoms with van der Waals surface area (Å²) in [4.78, 5) is 16.4. The smallest absolute Gasteiger partial charge is 0.255 e. The fourth-order valence-corrected chi connectivity index (χ4v) is 2.19. The molecule has 1 fully saturated rings. The molecule has 20 heavy (non-hydrogen) atoms. The van der Waals surface area contributed by atoms with Gasteiger partial charge >= 0.3 is 0 Å². The third-order valence-electron chi connectivity index (χ3n) is 3.47. The fourth-order valence-electron chi connectivity index (χ4n) is 2.19. The lowest BCUT2D eigenvalue weighted by Gasteiger charge is -2.26. The van der Waals surface area contributed by atoms with Crippen LogP contribution in [0.2, 0.25) is 0 Å². The minimum Gasteiger partial charge on any atom is -0.378 e. The minimum absolute atomic E-state index is 0.155. The lowest BCUT2D eigenvalue weighted by atomic mass is 10.0. The third kappa shape index (κ3) is 3.26. The van der Waals surface area contributed by atoms with Crippen molar-refractivity contribution in [3.05, 3.63) is 23.9 Å². The second kappa shape index (κ2) is 6.67. The van der Waals surface area contributed by atoms with E-state index in [0.29, 0.717) is 37.7 Å². The number of nitrogens with zero attached hydrogens (tertiary/aromatic N) is 1. The van der Waals surface area contributed by atoms with Crippen molar-refractivity contribution in [3.8, 4) is 0 Å². The van der Waals surface area contributed by atoms with Crippen molar-refractivity contribution in [1.82, 2.24) is 10.3 Å². The average Bonchev–Trinajstić information content (AvgIpc) is 2.95. The minimum atomic E-state index is -0.407. The molecule has 1 unspecified atom stereocenters. The zero-order valence-corrected chi connectivity index (χ0v) is 11.9. The van der Waals surface area contributed by atoms with Crippen LogP contribution in [0, 0.1) is 0 Å². The molecule has 0 radical (unpaired) electrons. The summed E-state index contributed by atoms with van der Waals surface area (Å²) in [6, 6.07) is 3.51. The standard InChI is InChI=1S/C14H21N3O3/c1-3-15-12-11(5-4-7-16-12)13(18)17-9-14(19-2)6-8-20-10-14/h4-5,7H,3,6,8-10H2,1-2H3,(H,15,16)(H,17,18). The van der Waals surface area contributed by atoms with Crippen molar-refractivity contribution in [2.24, 2.45) is 0 Å². The van der Waals surface area contributed by atoms with Crippen LogP contribution in [0.5, 0.6) is 0 Å². The van der Waals surface area contributed by atoms with E-state index in [9.17, 15) is 4.79 Å². The van der Waals surface area contributed by atoms with Crippen LogP contribution in [0.4, 0.5) is 5.82 Å². The fraction of sp³-hybridized carbons (Fsp3) is 0.571. The first-order valence-corrected chi connectivity index (χ1v) is 6.81. The highest BCUT2D eigenvalue weighted by atomic mass is 16.5. The monoisotopic (exact) mass is 279 g/mol. The molecule has 1 aliphatic heterocycles. The van der Waals surface area contributed by atoms with E-state index in [2.05, 4.69) is 15.6 Å². The first-order chi connectivity index (χ1) is 9.71. The van der Waals surface area contributed by atoms with E-state index in [1.165, 1.54) is 0 Å². The Morgan fingerprint density at radius 1 is 1.60 bits per heavy atom.